The Balaban J connectivity index is 2.04. The highest BCUT2D eigenvalue weighted by Gasteiger charge is 2.16. The molecule has 2 aromatic carbocycles. The molecule has 0 aliphatic carbocycles. The Morgan fingerprint density at radius 2 is 1.76 bits per heavy atom. The second-order valence-electron chi connectivity index (χ2n) is 7.54. The number of para-hydroxylation sites is 1. The van der Waals surface area contributed by atoms with Gasteiger partial charge in [0.15, 0.2) is 5.11 Å². The lowest BCUT2D eigenvalue weighted by Gasteiger charge is -2.20. The van der Waals surface area contributed by atoms with Crippen molar-refractivity contribution in [2.24, 2.45) is 0 Å². The predicted octanol–water partition coefficient (Wildman–Crippen LogP) is 4.13. The molecular weight excluding hydrogens is 386 g/mol. The molecule has 29 heavy (non-hydrogen) atoms. The Morgan fingerprint density at radius 3 is 2.45 bits per heavy atom. The van der Waals surface area contributed by atoms with Crippen LogP contribution in [0.1, 0.15) is 54.8 Å². The lowest BCUT2D eigenvalue weighted by molar-refractivity contribution is 0.0918. The maximum absolute atomic E-state index is 12.6. The number of benzene rings is 2. The summed E-state index contributed by atoms with van der Waals surface area (Å²) in [5.74, 6) is -0.0376. The molecular formula is C22H27N3O3S. The van der Waals surface area contributed by atoms with E-state index in [1.165, 1.54) is 0 Å². The van der Waals surface area contributed by atoms with Crippen molar-refractivity contribution >= 4 is 34.8 Å². The summed E-state index contributed by atoms with van der Waals surface area (Å²) in [5, 5.41) is 8.63. The van der Waals surface area contributed by atoms with E-state index in [0.29, 0.717) is 29.2 Å². The van der Waals surface area contributed by atoms with Gasteiger partial charge in [-0.3, -0.25) is 14.9 Å². The molecule has 0 fully saturated rings. The topological polar surface area (TPSA) is 79.5 Å². The van der Waals surface area contributed by atoms with Crippen molar-refractivity contribution in [2.75, 3.05) is 11.9 Å². The van der Waals surface area contributed by atoms with Crippen LogP contribution >= 0.6 is 12.2 Å². The molecule has 154 valence electrons. The predicted molar refractivity (Wildman–Crippen MR) is 120 cm³/mol. The van der Waals surface area contributed by atoms with Crippen LogP contribution in [0.2, 0.25) is 0 Å². The molecule has 0 atom stereocenters. The average Bonchev–Trinajstić information content (AvgIpc) is 2.65. The molecule has 2 aromatic rings. The van der Waals surface area contributed by atoms with Crippen LogP contribution in [0.4, 0.5) is 5.69 Å². The van der Waals surface area contributed by atoms with Crippen LogP contribution in [-0.2, 0) is 0 Å². The van der Waals surface area contributed by atoms with Gasteiger partial charge in [-0.2, -0.15) is 0 Å². The zero-order valence-corrected chi connectivity index (χ0v) is 18.0. The normalized spacial score (nSPS) is 10.8. The van der Waals surface area contributed by atoms with E-state index in [4.69, 9.17) is 17.0 Å². The average molecular weight is 414 g/mol. The first-order chi connectivity index (χ1) is 13.7. The van der Waals surface area contributed by atoms with Gasteiger partial charge < -0.3 is 15.4 Å². The van der Waals surface area contributed by atoms with E-state index >= 15 is 0 Å². The second-order valence-corrected chi connectivity index (χ2v) is 7.95. The number of hydrogen-bond acceptors (Lipinski definition) is 4. The molecule has 3 N–H and O–H groups in total. The minimum Gasteiger partial charge on any atom is -0.493 e. The van der Waals surface area contributed by atoms with Gasteiger partial charge in [-0.05, 0) is 69.7 Å². The fourth-order valence-electron chi connectivity index (χ4n) is 2.48. The van der Waals surface area contributed by atoms with Crippen molar-refractivity contribution in [3.63, 3.8) is 0 Å². The maximum Gasteiger partial charge on any atom is 0.261 e. The van der Waals surface area contributed by atoms with Crippen molar-refractivity contribution in [1.82, 2.24) is 10.6 Å². The van der Waals surface area contributed by atoms with Gasteiger partial charge in [-0.1, -0.05) is 25.1 Å². The molecule has 0 aromatic heterocycles. The summed E-state index contributed by atoms with van der Waals surface area (Å²) in [7, 11) is 0. The summed E-state index contributed by atoms with van der Waals surface area (Å²) in [6, 6.07) is 13.9. The smallest absolute Gasteiger partial charge is 0.261 e. The number of rotatable bonds is 6. The third kappa shape index (κ3) is 7.19. The third-order valence-electron chi connectivity index (χ3n) is 3.69. The number of carbonyl (C=O) groups excluding carboxylic acids is 2. The van der Waals surface area contributed by atoms with Crippen LogP contribution in [0.3, 0.4) is 0 Å². The maximum atomic E-state index is 12.6. The summed E-state index contributed by atoms with van der Waals surface area (Å²) in [4.78, 5) is 24.9. The summed E-state index contributed by atoms with van der Waals surface area (Å²) < 4.78 is 5.62. The zero-order chi connectivity index (χ0) is 21.4. The van der Waals surface area contributed by atoms with Crippen LogP contribution in [0.5, 0.6) is 5.75 Å². The summed E-state index contributed by atoms with van der Waals surface area (Å²) >= 11 is 5.26. The van der Waals surface area contributed by atoms with Crippen LogP contribution in [0.15, 0.2) is 48.5 Å². The Bertz CT molecular complexity index is 891. The minimum atomic E-state index is -0.365. The van der Waals surface area contributed by atoms with Crippen LogP contribution in [-0.4, -0.2) is 29.1 Å². The molecule has 0 aliphatic heterocycles. The number of carbonyl (C=O) groups is 2. The highest BCUT2D eigenvalue weighted by Crippen LogP contribution is 2.18. The molecule has 6 nitrogen and oxygen atoms in total. The van der Waals surface area contributed by atoms with Gasteiger partial charge in [0.1, 0.15) is 5.75 Å². The zero-order valence-electron chi connectivity index (χ0n) is 17.2. The van der Waals surface area contributed by atoms with E-state index < -0.39 is 0 Å². The highest BCUT2D eigenvalue weighted by atomic mass is 32.1. The number of thiocarbonyl (C=S) groups is 1. The Labute approximate surface area is 177 Å². The monoisotopic (exact) mass is 413 g/mol. The summed E-state index contributed by atoms with van der Waals surface area (Å²) in [6.07, 6.45) is 0.842. The summed E-state index contributed by atoms with van der Waals surface area (Å²) in [6.45, 7) is 8.27. The molecule has 0 unspecified atom stereocenters. The SMILES string of the molecule is CCCOc1ccccc1C(=O)NC(=S)Nc1cccc(C(=O)NC(C)(C)C)c1. The van der Waals surface area contributed by atoms with Gasteiger partial charge in [0.05, 0.1) is 12.2 Å². The van der Waals surface area contributed by atoms with E-state index in [0.717, 1.165) is 6.42 Å². The number of ether oxygens (including phenoxy) is 1. The van der Waals surface area contributed by atoms with Gasteiger partial charge in [-0.25, -0.2) is 0 Å². The van der Waals surface area contributed by atoms with Crippen molar-refractivity contribution in [3.8, 4) is 5.75 Å². The van der Waals surface area contributed by atoms with Crippen molar-refractivity contribution in [3.05, 3.63) is 59.7 Å². The van der Waals surface area contributed by atoms with Crippen molar-refractivity contribution in [1.29, 1.82) is 0 Å². The van der Waals surface area contributed by atoms with Gasteiger partial charge in [0.2, 0.25) is 0 Å². The molecule has 0 heterocycles. The third-order valence-corrected chi connectivity index (χ3v) is 3.90. The Morgan fingerprint density at radius 1 is 1.03 bits per heavy atom. The highest BCUT2D eigenvalue weighted by molar-refractivity contribution is 7.80. The Hall–Kier alpha value is -2.93. The fourth-order valence-corrected chi connectivity index (χ4v) is 2.69. The molecule has 0 saturated carbocycles. The molecule has 2 amide bonds. The van der Waals surface area contributed by atoms with Crippen molar-refractivity contribution in [2.45, 2.75) is 39.7 Å². The molecule has 0 spiro atoms. The van der Waals surface area contributed by atoms with E-state index in [2.05, 4.69) is 16.0 Å². The van der Waals surface area contributed by atoms with Gasteiger partial charge in [-0.15, -0.1) is 0 Å². The first-order valence-electron chi connectivity index (χ1n) is 9.46. The molecule has 0 bridgehead atoms. The Kier molecular flexibility index (Phi) is 7.73. The molecule has 0 radical (unpaired) electrons. The lowest BCUT2D eigenvalue weighted by atomic mass is 10.1. The minimum absolute atomic E-state index is 0.133. The number of amides is 2. The largest absolute Gasteiger partial charge is 0.493 e. The van der Waals surface area contributed by atoms with Crippen LogP contribution < -0.4 is 20.7 Å². The number of nitrogens with one attached hydrogen (secondary N) is 3. The number of hydrogen-bond donors (Lipinski definition) is 3. The summed E-state index contributed by atoms with van der Waals surface area (Å²) in [5.41, 5.74) is 1.17. The van der Waals surface area contributed by atoms with E-state index in [1.807, 2.05) is 33.8 Å². The van der Waals surface area contributed by atoms with Crippen LogP contribution in [0, 0.1) is 0 Å². The standard InChI is InChI=1S/C22H27N3O3S/c1-5-13-28-18-12-7-6-11-17(18)20(27)24-21(29)23-16-10-8-9-15(14-16)19(26)25-22(2,3)4/h6-12,14H,5,13H2,1-4H3,(H,25,26)(H2,23,24,27,29). The van der Waals surface area contributed by atoms with Gasteiger partial charge in [0.25, 0.3) is 11.8 Å². The van der Waals surface area contributed by atoms with E-state index in [9.17, 15) is 9.59 Å². The first kappa shape index (κ1) is 22.4. The van der Waals surface area contributed by atoms with Crippen molar-refractivity contribution < 1.29 is 14.3 Å². The quantitative estimate of drug-likeness (QED) is 0.621. The molecule has 0 saturated heterocycles. The molecule has 2 rings (SSSR count). The number of anilines is 1. The van der Waals surface area contributed by atoms with E-state index in [1.54, 1.807) is 42.5 Å². The van der Waals surface area contributed by atoms with Gasteiger partial charge >= 0.3 is 0 Å². The van der Waals surface area contributed by atoms with Gasteiger partial charge in [0, 0.05) is 16.8 Å². The second kappa shape index (κ2) is 10.0. The molecule has 7 heteroatoms. The first-order valence-corrected chi connectivity index (χ1v) is 9.87. The van der Waals surface area contributed by atoms with E-state index in [-0.39, 0.29) is 22.5 Å². The fraction of sp³-hybridized carbons (Fsp3) is 0.318. The van der Waals surface area contributed by atoms with Crippen LogP contribution in [0.25, 0.3) is 0 Å². The molecule has 0 aliphatic rings. The lowest BCUT2D eigenvalue weighted by Crippen LogP contribution is -2.40.